The van der Waals surface area contributed by atoms with Gasteiger partial charge in [-0.15, -0.1) is 0 Å². The summed E-state index contributed by atoms with van der Waals surface area (Å²) in [5.74, 6) is 1.56. The van der Waals surface area contributed by atoms with E-state index in [0.717, 1.165) is 56.1 Å². The third-order valence-electron chi connectivity index (χ3n) is 2.87. The lowest BCUT2D eigenvalue weighted by molar-refractivity contribution is 0.146. The second-order valence-corrected chi connectivity index (χ2v) is 4.04. The molecule has 2 heterocycles. The molecule has 0 saturated carbocycles. The molecule has 0 atom stereocenters. The number of hydrogen-bond acceptors (Lipinski definition) is 5. The van der Waals surface area contributed by atoms with Gasteiger partial charge in [-0.3, -0.25) is 0 Å². The molecule has 5 heteroatoms. The van der Waals surface area contributed by atoms with E-state index in [4.69, 9.17) is 9.47 Å². The number of nitrogens with zero attached hydrogens (tertiary/aromatic N) is 2. The molecule has 0 fully saturated rings. The van der Waals surface area contributed by atoms with Crippen molar-refractivity contribution in [2.24, 2.45) is 0 Å². The minimum Gasteiger partial charge on any atom is -0.481 e. The van der Waals surface area contributed by atoms with Crippen LogP contribution in [-0.4, -0.2) is 43.9 Å². The Balaban J connectivity index is 2.29. The van der Waals surface area contributed by atoms with Crippen LogP contribution in [0.3, 0.4) is 0 Å². The van der Waals surface area contributed by atoms with Crippen LogP contribution in [-0.2, 0) is 24.0 Å². The first-order valence-electron chi connectivity index (χ1n) is 6.00. The van der Waals surface area contributed by atoms with Crippen LogP contribution in [0, 0.1) is 0 Å². The van der Waals surface area contributed by atoms with Crippen LogP contribution in [0.4, 0.5) is 0 Å². The summed E-state index contributed by atoms with van der Waals surface area (Å²) in [6.07, 6.45) is 2.51. The Morgan fingerprint density at radius 1 is 1.29 bits per heavy atom. The van der Waals surface area contributed by atoms with Gasteiger partial charge in [0.15, 0.2) is 0 Å². The van der Waals surface area contributed by atoms with Crippen molar-refractivity contribution in [3.05, 3.63) is 17.1 Å². The number of fused-ring (bicyclic) bond motifs is 1. The Hall–Kier alpha value is -1.20. The third-order valence-corrected chi connectivity index (χ3v) is 2.87. The highest BCUT2D eigenvalue weighted by molar-refractivity contribution is 5.32. The number of rotatable bonds is 4. The van der Waals surface area contributed by atoms with E-state index in [-0.39, 0.29) is 0 Å². The summed E-state index contributed by atoms with van der Waals surface area (Å²) >= 11 is 0. The molecule has 0 unspecified atom stereocenters. The molecule has 1 aliphatic heterocycles. The van der Waals surface area contributed by atoms with Crippen molar-refractivity contribution in [2.45, 2.75) is 19.3 Å². The van der Waals surface area contributed by atoms with Crippen molar-refractivity contribution in [2.75, 3.05) is 33.9 Å². The third kappa shape index (κ3) is 2.92. The zero-order valence-corrected chi connectivity index (χ0v) is 10.5. The van der Waals surface area contributed by atoms with Gasteiger partial charge in [0.2, 0.25) is 5.88 Å². The maximum absolute atomic E-state index is 5.46. The molecule has 0 spiro atoms. The van der Waals surface area contributed by atoms with Gasteiger partial charge in [0.05, 0.1) is 26.0 Å². The molecule has 2 rings (SSSR count). The van der Waals surface area contributed by atoms with Crippen LogP contribution in [0.2, 0.25) is 0 Å². The summed E-state index contributed by atoms with van der Waals surface area (Å²) in [7, 11) is 3.59. The predicted molar refractivity (Wildman–Crippen MR) is 64.4 cm³/mol. The van der Waals surface area contributed by atoms with Gasteiger partial charge in [0.1, 0.15) is 5.82 Å². The second kappa shape index (κ2) is 5.93. The zero-order chi connectivity index (χ0) is 12.1. The molecule has 1 N–H and O–H groups in total. The maximum atomic E-state index is 5.46. The molecular weight excluding hydrogens is 218 g/mol. The van der Waals surface area contributed by atoms with Gasteiger partial charge in [-0.1, -0.05) is 0 Å². The van der Waals surface area contributed by atoms with E-state index in [0.29, 0.717) is 5.88 Å². The average molecular weight is 237 g/mol. The molecule has 94 valence electrons. The molecule has 1 aliphatic rings. The quantitative estimate of drug-likeness (QED) is 0.819. The summed E-state index contributed by atoms with van der Waals surface area (Å²) < 4.78 is 10.8. The number of methoxy groups -OCH3 is 1. The lowest BCUT2D eigenvalue weighted by Gasteiger charge is -2.11. The van der Waals surface area contributed by atoms with Crippen LogP contribution >= 0.6 is 0 Å². The molecule has 0 radical (unpaired) electrons. The monoisotopic (exact) mass is 237 g/mol. The van der Waals surface area contributed by atoms with Crippen molar-refractivity contribution in [1.29, 1.82) is 0 Å². The lowest BCUT2D eigenvalue weighted by Crippen LogP contribution is -2.14. The van der Waals surface area contributed by atoms with Crippen LogP contribution < -0.4 is 10.1 Å². The molecular formula is C12H19N3O2. The van der Waals surface area contributed by atoms with Gasteiger partial charge < -0.3 is 14.8 Å². The highest BCUT2D eigenvalue weighted by atomic mass is 16.5. The number of nitrogens with one attached hydrogen (secondary N) is 1. The van der Waals surface area contributed by atoms with Gasteiger partial charge in [-0.25, -0.2) is 4.98 Å². The Bertz CT molecular complexity index is 382. The van der Waals surface area contributed by atoms with Crippen LogP contribution in [0.25, 0.3) is 0 Å². The van der Waals surface area contributed by atoms with E-state index in [2.05, 4.69) is 15.3 Å². The Morgan fingerprint density at radius 2 is 2.12 bits per heavy atom. The number of aromatic nitrogens is 2. The summed E-state index contributed by atoms with van der Waals surface area (Å²) in [6.45, 7) is 2.33. The predicted octanol–water partition coefficient (Wildman–Crippen LogP) is 0.362. The average Bonchev–Trinajstić information content (AvgIpc) is 2.60. The van der Waals surface area contributed by atoms with E-state index in [1.165, 1.54) is 0 Å². The first kappa shape index (κ1) is 12.3. The normalized spacial score (nSPS) is 15.2. The van der Waals surface area contributed by atoms with Crippen molar-refractivity contribution in [1.82, 2.24) is 15.3 Å². The fraction of sp³-hybridized carbons (Fsp3) is 0.667. The Labute approximate surface area is 102 Å². The van der Waals surface area contributed by atoms with Crippen molar-refractivity contribution in [3.8, 4) is 5.88 Å². The molecule has 0 bridgehead atoms. The largest absolute Gasteiger partial charge is 0.481 e. The fourth-order valence-electron chi connectivity index (χ4n) is 1.98. The molecule has 5 nitrogen and oxygen atoms in total. The molecule has 0 aliphatic carbocycles. The SMILES string of the molecule is CNCCc1nc2c(c(OC)n1)CCOCC2. The highest BCUT2D eigenvalue weighted by Gasteiger charge is 2.17. The summed E-state index contributed by atoms with van der Waals surface area (Å²) in [5, 5.41) is 3.10. The Kier molecular flexibility index (Phi) is 4.28. The van der Waals surface area contributed by atoms with Gasteiger partial charge >= 0.3 is 0 Å². The number of likely N-dealkylation sites (N-methyl/N-ethyl adjacent to an activating group) is 1. The van der Waals surface area contributed by atoms with Crippen LogP contribution in [0.1, 0.15) is 17.1 Å². The maximum Gasteiger partial charge on any atom is 0.219 e. The first-order valence-corrected chi connectivity index (χ1v) is 6.00. The molecule has 0 aromatic carbocycles. The van der Waals surface area contributed by atoms with Gasteiger partial charge in [0.25, 0.3) is 0 Å². The minimum atomic E-state index is 0.714. The summed E-state index contributed by atoms with van der Waals surface area (Å²) in [5.41, 5.74) is 2.19. The van der Waals surface area contributed by atoms with Crippen molar-refractivity contribution < 1.29 is 9.47 Å². The smallest absolute Gasteiger partial charge is 0.219 e. The molecule has 1 aromatic heterocycles. The highest BCUT2D eigenvalue weighted by Crippen LogP contribution is 2.22. The van der Waals surface area contributed by atoms with Crippen LogP contribution in [0.15, 0.2) is 0 Å². The fourth-order valence-corrected chi connectivity index (χ4v) is 1.98. The zero-order valence-electron chi connectivity index (χ0n) is 10.5. The topological polar surface area (TPSA) is 56.3 Å². The number of ether oxygens (including phenoxy) is 2. The molecule has 17 heavy (non-hydrogen) atoms. The van der Waals surface area contributed by atoms with E-state index in [1.807, 2.05) is 7.05 Å². The van der Waals surface area contributed by atoms with Gasteiger partial charge in [0, 0.05) is 31.4 Å². The van der Waals surface area contributed by atoms with Crippen molar-refractivity contribution >= 4 is 0 Å². The lowest BCUT2D eigenvalue weighted by atomic mass is 10.1. The summed E-state index contributed by atoms with van der Waals surface area (Å²) in [6, 6.07) is 0. The van der Waals surface area contributed by atoms with Crippen molar-refractivity contribution in [3.63, 3.8) is 0 Å². The first-order chi connectivity index (χ1) is 8.35. The minimum absolute atomic E-state index is 0.714. The van der Waals surface area contributed by atoms with E-state index < -0.39 is 0 Å². The van der Waals surface area contributed by atoms with Crippen LogP contribution in [0.5, 0.6) is 5.88 Å². The van der Waals surface area contributed by atoms with Gasteiger partial charge in [-0.05, 0) is 7.05 Å². The number of hydrogen-bond donors (Lipinski definition) is 1. The molecule has 0 amide bonds. The van der Waals surface area contributed by atoms with E-state index in [1.54, 1.807) is 7.11 Å². The standard InChI is InChI=1S/C12H19N3O2/c1-13-6-3-11-14-10-5-8-17-7-4-9(10)12(15-11)16-2/h13H,3-8H2,1-2H3. The summed E-state index contributed by atoms with van der Waals surface area (Å²) in [4.78, 5) is 9.06. The van der Waals surface area contributed by atoms with E-state index in [9.17, 15) is 0 Å². The molecule has 1 aromatic rings. The van der Waals surface area contributed by atoms with E-state index >= 15 is 0 Å². The van der Waals surface area contributed by atoms with Gasteiger partial charge in [-0.2, -0.15) is 4.98 Å². The second-order valence-electron chi connectivity index (χ2n) is 4.04. The molecule has 0 saturated heterocycles. The Morgan fingerprint density at radius 3 is 2.88 bits per heavy atom.